The van der Waals surface area contributed by atoms with Crippen molar-refractivity contribution in [2.75, 3.05) is 6.61 Å². The molecular weight excluding hydrogens is 252 g/mol. The number of hydrogen-bond donors (Lipinski definition) is 0. The number of ether oxygens (including phenoxy) is 2. The van der Waals surface area contributed by atoms with Gasteiger partial charge in [0.05, 0.1) is 11.6 Å². The summed E-state index contributed by atoms with van der Waals surface area (Å²) >= 11 is 6.11. The zero-order valence-electron chi connectivity index (χ0n) is 10.4. The number of benzene rings is 1. The van der Waals surface area contributed by atoms with Crippen LogP contribution in [-0.4, -0.2) is 18.7 Å². The number of hydrogen-bond acceptors (Lipinski definition) is 3. The van der Waals surface area contributed by atoms with Gasteiger partial charge in [0.15, 0.2) is 0 Å². The van der Waals surface area contributed by atoms with Crippen molar-refractivity contribution in [3.63, 3.8) is 0 Å². The summed E-state index contributed by atoms with van der Waals surface area (Å²) in [4.78, 5) is 11.2. The summed E-state index contributed by atoms with van der Waals surface area (Å²) in [5.41, 5.74) is 2.19. The van der Waals surface area contributed by atoms with E-state index in [4.69, 9.17) is 21.1 Å². The number of rotatable bonds is 3. The Bertz CT molecular complexity index is 494. The highest BCUT2D eigenvalue weighted by molar-refractivity contribution is 6.32. The molecule has 0 N–H and O–H groups in total. The molecule has 0 aromatic heterocycles. The van der Waals surface area contributed by atoms with Crippen molar-refractivity contribution in [1.82, 2.24) is 0 Å². The molecule has 3 nitrogen and oxygen atoms in total. The topological polar surface area (TPSA) is 35.5 Å². The molecule has 0 bridgehead atoms. The van der Waals surface area contributed by atoms with Gasteiger partial charge in [-0.25, -0.2) is 4.79 Å². The van der Waals surface area contributed by atoms with Gasteiger partial charge in [-0.3, -0.25) is 0 Å². The molecule has 1 heterocycles. The lowest BCUT2D eigenvalue weighted by molar-refractivity contribution is -0.137. The summed E-state index contributed by atoms with van der Waals surface area (Å²) in [6.07, 6.45) is 3.70. The first-order valence-corrected chi connectivity index (χ1v) is 6.28. The highest BCUT2D eigenvalue weighted by Crippen LogP contribution is 2.37. The van der Waals surface area contributed by atoms with Gasteiger partial charge in [-0.05, 0) is 37.1 Å². The van der Waals surface area contributed by atoms with E-state index in [1.165, 1.54) is 6.08 Å². The van der Waals surface area contributed by atoms with Crippen molar-refractivity contribution < 1.29 is 14.3 Å². The number of fused-ring (bicyclic) bond motifs is 1. The fourth-order valence-corrected chi connectivity index (χ4v) is 2.32. The van der Waals surface area contributed by atoms with Crippen LogP contribution >= 0.6 is 11.6 Å². The van der Waals surface area contributed by atoms with Crippen molar-refractivity contribution in [3.8, 4) is 5.75 Å². The second kappa shape index (κ2) is 5.44. The third kappa shape index (κ3) is 2.85. The first kappa shape index (κ1) is 13.0. The van der Waals surface area contributed by atoms with Crippen molar-refractivity contribution in [3.05, 3.63) is 40.4 Å². The number of esters is 1. The Morgan fingerprint density at radius 3 is 3.11 bits per heavy atom. The molecule has 0 radical (unpaired) electrons. The highest BCUT2D eigenvalue weighted by Gasteiger charge is 2.23. The van der Waals surface area contributed by atoms with Gasteiger partial charge < -0.3 is 9.47 Å². The fraction of sp³-hybridized carbons (Fsp3) is 0.357. The molecule has 96 valence electrons. The maximum absolute atomic E-state index is 11.2. The van der Waals surface area contributed by atoms with Crippen molar-refractivity contribution in [2.45, 2.75) is 26.4 Å². The largest absolute Gasteiger partial charge is 0.484 e. The molecule has 0 saturated carbocycles. The summed E-state index contributed by atoms with van der Waals surface area (Å²) in [7, 11) is 0. The maximum Gasteiger partial charge on any atom is 0.330 e. The van der Waals surface area contributed by atoms with E-state index in [0.29, 0.717) is 11.6 Å². The SMILES string of the molecule is CCOC(=O)/C=C/C1Cc2cc(C)cc(Cl)c2O1. The van der Waals surface area contributed by atoms with Crippen LogP contribution in [0.15, 0.2) is 24.3 Å². The van der Waals surface area contributed by atoms with Gasteiger partial charge in [0.2, 0.25) is 0 Å². The molecule has 1 aliphatic rings. The molecule has 0 saturated heterocycles. The molecular formula is C14H15ClO3. The van der Waals surface area contributed by atoms with Crippen molar-refractivity contribution in [1.29, 1.82) is 0 Å². The van der Waals surface area contributed by atoms with E-state index < -0.39 is 0 Å². The van der Waals surface area contributed by atoms with E-state index in [2.05, 4.69) is 6.07 Å². The zero-order chi connectivity index (χ0) is 13.1. The minimum Gasteiger partial charge on any atom is -0.484 e. The summed E-state index contributed by atoms with van der Waals surface area (Å²) in [6.45, 7) is 4.14. The van der Waals surface area contributed by atoms with Gasteiger partial charge in [0.1, 0.15) is 11.9 Å². The van der Waals surface area contributed by atoms with Crippen molar-refractivity contribution >= 4 is 17.6 Å². The predicted molar refractivity (Wildman–Crippen MR) is 70.1 cm³/mol. The Balaban J connectivity index is 2.06. The van der Waals surface area contributed by atoms with E-state index in [1.807, 2.05) is 13.0 Å². The van der Waals surface area contributed by atoms with Crippen LogP contribution in [0, 0.1) is 6.92 Å². The third-order valence-corrected chi connectivity index (χ3v) is 2.97. The molecule has 2 rings (SSSR count). The smallest absolute Gasteiger partial charge is 0.330 e. The van der Waals surface area contributed by atoms with Gasteiger partial charge in [-0.15, -0.1) is 0 Å². The highest BCUT2D eigenvalue weighted by atomic mass is 35.5. The molecule has 1 aromatic rings. The van der Waals surface area contributed by atoms with E-state index in [9.17, 15) is 4.79 Å². The molecule has 18 heavy (non-hydrogen) atoms. The van der Waals surface area contributed by atoms with Crippen molar-refractivity contribution in [2.24, 2.45) is 0 Å². The van der Waals surface area contributed by atoms with Crippen LogP contribution in [-0.2, 0) is 16.0 Å². The summed E-state index contributed by atoms with van der Waals surface area (Å²) in [5, 5.41) is 0.622. The Morgan fingerprint density at radius 2 is 2.39 bits per heavy atom. The van der Waals surface area contributed by atoms with E-state index >= 15 is 0 Å². The number of carbonyl (C=O) groups is 1. The van der Waals surface area contributed by atoms with Gasteiger partial charge in [-0.2, -0.15) is 0 Å². The van der Waals surface area contributed by atoms with Gasteiger partial charge in [-0.1, -0.05) is 17.7 Å². The first-order valence-electron chi connectivity index (χ1n) is 5.90. The monoisotopic (exact) mass is 266 g/mol. The molecule has 0 spiro atoms. The Morgan fingerprint density at radius 1 is 1.61 bits per heavy atom. The van der Waals surface area contributed by atoms with Crippen LogP contribution in [0.4, 0.5) is 0 Å². The molecule has 1 aromatic carbocycles. The quantitative estimate of drug-likeness (QED) is 0.623. The second-order valence-electron chi connectivity index (χ2n) is 4.21. The van der Waals surface area contributed by atoms with E-state index in [1.54, 1.807) is 13.0 Å². The molecule has 0 fully saturated rings. The Hall–Kier alpha value is -1.48. The lowest BCUT2D eigenvalue weighted by Crippen LogP contribution is -2.10. The van der Waals surface area contributed by atoms with E-state index in [0.717, 1.165) is 23.3 Å². The number of halogens is 1. The Kier molecular flexibility index (Phi) is 3.92. The Labute approximate surface area is 111 Å². The lowest BCUT2D eigenvalue weighted by atomic mass is 10.1. The number of aryl methyl sites for hydroxylation is 1. The third-order valence-electron chi connectivity index (χ3n) is 2.69. The van der Waals surface area contributed by atoms with Gasteiger partial charge in [0, 0.05) is 12.5 Å². The van der Waals surface area contributed by atoms with Gasteiger partial charge in [0.25, 0.3) is 0 Å². The van der Waals surface area contributed by atoms with Crippen LogP contribution in [0.1, 0.15) is 18.1 Å². The molecule has 0 aliphatic carbocycles. The minimum absolute atomic E-state index is 0.149. The average molecular weight is 267 g/mol. The van der Waals surface area contributed by atoms with E-state index in [-0.39, 0.29) is 12.1 Å². The molecule has 4 heteroatoms. The van der Waals surface area contributed by atoms with Crippen LogP contribution in [0.2, 0.25) is 5.02 Å². The summed E-state index contributed by atoms with van der Waals surface area (Å²) in [6, 6.07) is 3.93. The zero-order valence-corrected chi connectivity index (χ0v) is 11.2. The van der Waals surface area contributed by atoms with Crippen LogP contribution in [0.3, 0.4) is 0 Å². The maximum atomic E-state index is 11.2. The first-order chi connectivity index (χ1) is 8.60. The fourth-order valence-electron chi connectivity index (χ4n) is 1.98. The molecule has 0 amide bonds. The van der Waals surface area contributed by atoms with Crippen LogP contribution in [0.5, 0.6) is 5.75 Å². The molecule has 1 aliphatic heterocycles. The van der Waals surface area contributed by atoms with Crippen LogP contribution < -0.4 is 4.74 Å². The minimum atomic E-state index is -0.348. The molecule has 1 unspecified atom stereocenters. The standard InChI is InChI=1S/C14H15ClO3/c1-3-17-13(16)5-4-11-8-10-6-9(2)7-12(15)14(10)18-11/h4-7,11H,3,8H2,1-2H3/b5-4+. The van der Waals surface area contributed by atoms with Crippen LogP contribution in [0.25, 0.3) is 0 Å². The second-order valence-corrected chi connectivity index (χ2v) is 4.61. The summed E-state index contributed by atoms with van der Waals surface area (Å²) in [5.74, 6) is 0.375. The van der Waals surface area contributed by atoms with Gasteiger partial charge >= 0.3 is 5.97 Å². The predicted octanol–water partition coefficient (Wildman–Crippen LogP) is 3.07. The molecule has 1 atom stereocenters. The lowest BCUT2D eigenvalue weighted by Gasteiger charge is -2.06. The normalized spacial score (nSPS) is 17.6. The average Bonchev–Trinajstić information content (AvgIpc) is 2.70. The number of carbonyl (C=O) groups excluding carboxylic acids is 1. The summed E-state index contributed by atoms with van der Waals surface area (Å²) < 4.78 is 10.5.